The first-order valence-corrected chi connectivity index (χ1v) is 12.5. The summed E-state index contributed by atoms with van der Waals surface area (Å²) in [5, 5.41) is 0. The molecule has 36 heavy (non-hydrogen) atoms. The van der Waals surface area contributed by atoms with Crippen molar-refractivity contribution in [3.05, 3.63) is 56.2 Å². The zero-order valence-electron chi connectivity index (χ0n) is 21.4. The third-order valence-electron chi connectivity index (χ3n) is 7.06. The Hall–Kier alpha value is -3.64. The van der Waals surface area contributed by atoms with E-state index in [0.717, 1.165) is 37.1 Å². The maximum Gasteiger partial charge on any atom is 0.332 e. The molecule has 9 heteroatoms. The summed E-state index contributed by atoms with van der Waals surface area (Å²) < 4.78 is 4.58. The summed E-state index contributed by atoms with van der Waals surface area (Å²) in [6.45, 7) is 7.75. The lowest BCUT2D eigenvalue weighted by Gasteiger charge is -2.31. The van der Waals surface area contributed by atoms with Crippen molar-refractivity contribution >= 4 is 22.8 Å². The van der Waals surface area contributed by atoms with Crippen molar-refractivity contribution in [1.82, 2.24) is 18.7 Å². The molecule has 1 saturated heterocycles. The number of anilines is 1. The molecular weight excluding hydrogens is 454 g/mol. The van der Waals surface area contributed by atoms with Crippen LogP contribution in [0.1, 0.15) is 44.7 Å². The average molecular weight is 488 g/mol. The molecule has 2 N–H and O–H groups in total. The van der Waals surface area contributed by atoms with E-state index >= 15 is 0 Å². The Morgan fingerprint density at radius 2 is 1.97 bits per heavy atom. The lowest BCUT2D eigenvalue weighted by molar-refractivity contribution is 0.496. The Balaban J connectivity index is 1.69. The van der Waals surface area contributed by atoms with Crippen LogP contribution in [-0.4, -0.2) is 49.1 Å². The van der Waals surface area contributed by atoms with E-state index in [0.29, 0.717) is 30.2 Å². The lowest BCUT2D eigenvalue weighted by atomic mass is 9.87. The van der Waals surface area contributed by atoms with Crippen molar-refractivity contribution in [2.24, 2.45) is 17.8 Å². The molecule has 0 bridgehead atoms. The van der Waals surface area contributed by atoms with Gasteiger partial charge in [-0.1, -0.05) is 30.2 Å². The number of fused-ring (bicyclic) bond motifs is 2. The minimum absolute atomic E-state index is 0.0393. The molecule has 2 aliphatic heterocycles. The van der Waals surface area contributed by atoms with Crippen molar-refractivity contribution in [1.29, 1.82) is 0 Å². The molecule has 0 radical (unpaired) electrons. The molecule has 2 aliphatic rings. The molecule has 4 heterocycles. The van der Waals surface area contributed by atoms with Crippen LogP contribution in [0.5, 0.6) is 0 Å². The van der Waals surface area contributed by atoms with Crippen molar-refractivity contribution in [2.45, 2.75) is 64.7 Å². The second-order valence-electron chi connectivity index (χ2n) is 10.4. The second kappa shape index (κ2) is 9.10. The van der Waals surface area contributed by atoms with Gasteiger partial charge in [0.25, 0.3) is 5.56 Å². The van der Waals surface area contributed by atoms with E-state index < -0.39 is 5.69 Å². The molecule has 0 aliphatic carbocycles. The van der Waals surface area contributed by atoms with E-state index in [2.05, 4.69) is 36.7 Å². The number of rotatable bonds is 4. The highest BCUT2D eigenvalue weighted by atomic mass is 16.2. The average Bonchev–Trinajstić information content (AvgIpc) is 3.23. The molecular formula is C27H33N7O2. The van der Waals surface area contributed by atoms with Crippen molar-refractivity contribution < 1.29 is 0 Å². The fourth-order valence-electron chi connectivity index (χ4n) is 5.40. The third kappa shape index (κ3) is 4.16. The van der Waals surface area contributed by atoms with Crippen LogP contribution < -0.4 is 21.9 Å². The molecule has 9 nitrogen and oxygen atoms in total. The molecule has 0 saturated carbocycles. The minimum Gasteiger partial charge on any atom is -0.341 e. The lowest BCUT2D eigenvalue weighted by Crippen LogP contribution is -2.44. The standard InChI is InChI=1S/C27H33N7O2/c1-5-6-14-33-22-23(29-25(33)32-13-9-11-19(28)16-32)31(4)26(36)34(24(22)35)17-21-20-12-8-7-10-18(20)15-27(2,3)30-21/h7-8,10,12,19H,9,11,13-17,28H2,1-4H3. The molecule has 3 aromatic rings. The maximum absolute atomic E-state index is 13.9. The summed E-state index contributed by atoms with van der Waals surface area (Å²) in [7, 11) is 1.66. The van der Waals surface area contributed by atoms with Gasteiger partial charge in [0.15, 0.2) is 11.2 Å². The third-order valence-corrected chi connectivity index (χ3v) is 7.06. The Morgan fingerprint density at radius 3 is 2.72 bits per heavy atom. The number of nitrogens with zero attached hydrogens (tertiary/aromatic N) is 6. The fourth-order valence-corrected chi connectivity index (χ4v) is 5.40. The van der Waals surface area contributed by atoms with Crippen LogP contribution >= 0.6 is 0 Å². The zero-order valence-corrected chi connectivity index (χ0v) is 21.4. The first-order chi connectivity index (χ1) is 17.2. The summed E-state index contributed by atoms with van der Waals surface area (Å²) >= 11 is 0. The quantitative estimate of drug-likeness (QED) is 0.564. The minimum atomic E-state index is -0.413. The largest absolute Gasteiger partial charge is 0.341 e. The number of nitrogens with two attached hydrogens (primary N) is 1. The number of hydrogen-bond acceptors (Lipinski definition) is 6. The van der Waals surface area contributed by atoms with E-state index in [1.807, 2.05) is 22.8 Å². The number of hydrogen-bond donors (Lipinski definition) is 1. The SMILES string of the molecule is CC#CCn1c(N2CCCC(N)C2)nc2c1c(=O)n(CC1=NC(C)(C)Cc3ccccc31)c(=O)n2C. The first kappa shape index (κ1) is 24.1. The van der Waals surface area contributed by atoms with E-state index in [-0.39, 0.29) is 23.7 Å². The van der Waals surface area contributed by atoms with Crippen LogP contribution in [0.15, 0.2) is 38.8 Å². The molecule has 0 amide bonds. The Kier molecular flexibility index (Phi) is 6.08. The Morgan fingerprint density at radius 1 is 1.19 bits per heavy atom. The van der Waals surface area contributed by atoms with Gasteiger partial charge < -0.3 is 10.6 Å². The van der Waals surface area contributed by atoms with Gasteiger partial charge in [0.05, 0.1) is 24.3 Å². The normalized spacial score (nSPS) is 19.0. The molecule has 0 spiro atoms. The van der Waals surface area contributed by atoms with Gasteiger partial charge in [-0.3, -0.25) is 23.5 Å². The van der Waals surface area contributed by atoms with Crippen LogP contribution in [-0.2, 0) is 26.6 Å². The molecule has 188 valence electrons. The van der Waals surface area contributed by atoms with Gasteiger partial charge >= 0.3 is 5.69 Å². The van der Waals surface area contributed by atoms with Gasteiger partial charge in [-0.15, -0.1) is 5.92 Å². The summed E-state index contributed by atoms with van der Waals surface area (Å²) in [6.07, 6.45) is 2.71. The number of aliphatic imine (C=N–C) groups is 1. The predicted octanol–water partition coefficient (Wildman–Crippen LogP) is 1.67. The van der Waals surface area contributed by atoms with E-state index in [1.54, 1.807) is 14.0 Å². The van der Waals surface area contributed by atoms with Gasteiger partial charge in [-0.2, -0.15) is 4.98 Å². The van der Waals surface area contributed by atoms with Crippen LogP contribution in [0.2, 0.25) is 0 Å². The monoisotopic (exact) mass is 487 g/mol. The Labute approximate surface area is 210 Å². The number of imidazole rings is 1. The van der Waals surface area contributed by atoms with Gasteiger partial charge in [-0.05, 0) is 45.6 Å². The summed E-state index contributed by atoms with van der Waals surface area (Å²) in [4.78, 5) is 39.2. The summed E-state index contributed by atoms with van der Waals surface area (Å²) in [5.74, 6) is 6.63. The molecule has 1 aromatic carbocycles. The molecule has 1 unspecified atom stereocenters. The van der Waals surface area contributed by atoms with E-state index in [9.17, 15) is 9.59 Å². The first-order valence-electron chi connectivity index (χ1n) is 12.5. The number of benzene rings is 1. The number of aryl methyl sites for hydroxylation is 1. The Bertz CT molecular complexity index is 1540. The highest BCUT2D eigenvalue weighted by Crippen LogP contribution is 2.27. The van der Waals surface area contributed by atoms with Crippen molar-refractivity contribution in [2.75, 3.05) is 18.0 Å². The topological polar surface area (TPSA) is 103 Å². The van der Waals surface area contributed by atoms with Crippen molar-refractivity contribution in [3.8, 4) is 11.8 Å². The maximum atomic E-state index is 13.9. The smallest absolute Gasteiger partial charge is 0.332 e. The van der Waals surface area contributed by atoms with Crippen LogP contribution in [0.3, 0.4) is 0 Å². The van der Waals surface area contributed by atoms with Gasteiger partial charge in [0, 0.05) is 31.7 Å². The molecule has 5 rings (SSSR count). The zero-order chi connectivity index (χ0) is 25.6. The van der Waals surface area contributed by atoms with Crippen LogP contribution in [0.4, 0.5) is 5.95 Å². The highest BCUT2D eigenvalue weighted by molar-refractivity contribution is 6.02. The second-order valence-corrected chi connectivity index (χ2v) is 10.4. The van der Waals surface area contributed by atoms with Gasteiger partial charge in [0.2, 0.25) is 5.95 Å². The molecule has 1 atom stereocenters. The highest BCUT2D eigenvalue weighted by Gasteiger charge is 2.29. The summed E-state index contributed by atoms with van der Waals surface area (Å²) in [6, 6.07) is 8.11. The van der Waals surface area contributed by atoms with E-state index in [4.69, 9.17) is 15.7 Å². The summed E-state index contributed by atoms with van der Waals surface area (Å²) in [5.41, 5.74) is 8.76. The molecule has 2 aromatic heterocycles. The number of piperidine rings is 1. The predicted molar refractivity (Wildman–Crippen MR) is 143 cm³/mol. The fraction of sp³-hybridized carbons (Fsp3) is 0.481. The van der Waals surface area contributed by atoms with Gasteiger partial charge in [0.1, 0.15) is 0 Å². The van der Waals surface area contributed by atoms with Crippen LogP contribution in [0, 0.1) is 11.8 Å². The van der Waals surface area contributed by atoms with Crippen LogP contribution in [0.25, 0.3) is 11.2 Å². The molecule has 1 fully saturated rings. The van der Waals surface area contributed by atoms with Gasteiger partial charge in [-0.25, -0.2) is 4.79 Å². The van der Waals surface area contributed by atoms with Crippen molar-refractivity contribution in [3.63, 3.8) is 0 Å². The number of aromatic nitrogens is 4. The van der Waals surface area contributed by atoms with E-state index in [1.165, 1.54) is 14.7 Å².